The minimum atomic E-state index is -0.502. The minimum Gasteiger partial charge on any atom is -0.442 e. The van der Waals surface area contributed by atoms with Crippen LogP contribution in [0.1, 0.15) is 15.9 Å². The zero-order valence-corrected chi connectivity index (χ0v) is 16.8. The number of nitrogens with one attached hydrogen (secondary N) is 2. The molecule has 0 fully saturated rings. The Morgan fingerprint density at radius 1 is 1.12 bits per heavy atom. The third kappa shape index (κ3) is 3.58. The molecule has 0 atom stereocenters. The molecule has 0 saturated carbocycles. The second-order valence-corrected chi connectivity index (χ2v) is 7.25. The number of benzene rings is 1. The highest BCUT2D eigenvalue weighted by atomic mass is 19.1. The highest BCUT2D eigenvalue weighted by Crippen LogP contribution is 2.30. The van der Waals surface area contributed by atoms with Crippen molar-refractivity contribution < 1.29 is 13.9 Å². The fraction of sp³-hybridized carbons (Fsp3) is 0.0909. The first-order valence-electron chi connectivity index (χ1n) is 9.74. The Balaban J connectivity index is 1.67. The monoisotopic (exact) mass is 431 g/mol. The summed E-state index contributed by atoms with van der Waals surface area (Å²) in [4.78, 5) is 21.4. The molecule has 0 radical (unpaired) electrons. The Labute approximate surface area is 181 Å². The largest absolute Gasteiger partial charge is 0.442 e. The van der Waals surface area contributed by atoms with E-state index in [2.05, 4.69) is 32.3 Å². The minimum absolute atomic E-state index is 0.0402. The van der Waals surface area contributed by atoms with Crippen molar-refractivity contribution in [3.63, 3.8) is 0 Å². The van der Waals surface area contributed by atoms with Gasteiger partial charge >= 0.3 is 0 Å². The second-order valence-electron chi connectivity index (χ2n) is 7.25. The smallest absolute Gasteiger partial charge is 0.257 e. The van der Waals surface area contributed by atoms with Crippen LogP contribution in [-0.4, -0.2) is 32.0 Å². The van der Waals surface area contributed by atoms with Gasteiger partial charge in [0.1, 0.15) is 23.0 Å². The van der Waals surface area contributed by atoms with Crippen LogP contribution in [0.4, 0.5) is 15.9 Å². The molecule has 4 N–H and O–H groups in total. The summed E-state index contributed by atoms with van der Waals surface area (Å²) in [6.07, 6.45) is 4.28. The average Bonchev–Trinajstić information content (AvgIpc) is 3.20. The van der Waals surface area contributed by atoms with Gasteiger partial charge in [0.25, 0.3) is 5.91 Å². The number of nitrogens with two attached hydrogens (primary N) is 1. The number of ether oxygens (including phenoxy) is 1. The molecule has 32 heavy (non-hydrogen) atoms. The van der Waals surface area contributed by atoms with Gasteiger partial charge in [-0.2, -0.15) is 5.10 Å². The summed E-state index contributed by atoms with van der Waals surface area (Å²) in [6, 6.07) is 8.60. The van der Waals surface area contributed by atoms with E-state index in [-0.39, 0.29) is 30.6 Å². The van der Waals surface area contributed by atoms with Gasteiger partial charge in [-0.05, 0) is 23.8 Å². The molecule has 1 aliphatic heterocycles. The SMILES string of the molecule is C=C1CNC(=O)c2cnn3cc(-c4ccc(N)cc4)c(nc23)NCc2cc(F)cnc2O1. The number of rotatable bonds is 1. The molecule has 0 saturated heterocycles. The quantitative estimate of drug-likeness (QED) is 0.397. The van der Waals surface area contributed by atoms with E-state index in [1.165, 1.54) is 16.8 Å². The van der Waals surface area contributed by atoms with Crippen LogP contribution in [0, 0.1) is 5.82 Å². The van der Waals surface area contributed by atoms with Crippen LogP contribution in [0.2, 0.25) is 0 Å². The third-order valence-electron chi connectivity index (χ3n) is 4.99. The normalized spacial score (nSPS) is 13.9. The van der Waals surface area contributed by atoms with Crippen LogP contribution in [-0.2, 0) is 6.54 Å². The molecule has 2 bridgehead atoms. The maximum Gasteiger partial charge on any atom is 0.257 e. The van der Waals surface area contributed by atoms with Gasteiger partial charge in [-0.3, -0.25) is 4.79 Å². The number of aromatic nitrogens is 4. The van der Waals surface area contributed by atoms with Crippen molar-refractivity contribution in [1.82, 2.24) is 24.9 Å². The first kappa shape index (κ1) is 19.5. The van der Waals surface area contributed by atoms with E-state index in [4.69, 9.17) is 10.5 Å². The standard InChI is InChI=1S/C22H18FN7O2/c1-12-7-26-21(31)17-10-28-30-11-18(13-2-4-16(24)5-3-13)19(29-20(17)30)25-8-14-6-15(23)9-27-22(14)32-12/h2-6,9-11H,1,7-8,24H2,(H,25,29)(H,26,31). The highest BCUT2D eigenvalue weighted by molar-refractivity contribution is 6.00. The van der Waals surface area contributed by atoms with Gasteiger partial charge in [-0.15, -0.1) is 0 Å². The number of nitrogen functional groups attached to an aromatic ring is 1. The lowest BCUT2D eigenvalue weighted by atomic mass is 10.1. The third-order valence-corrected chi connectivity index (χ3v) is 4.99. The van der Waals surface area contributed by atoms with Crippen LogP contribution < -0.4 is 21.1 Å². The van der Waals surface area contributed by atoms with E-state index >= 15 is 0 Å². The summed E-state index contributed by atoms with van der Waals surface area (Å²) >= 11 is 0. The van der Waals surface area contributed by atoms with E-state index in [0.29, 0.717) is 28.3 Å². The fourth-order valence-corrected chi connectivity index (χ4v) is 3.39. The number of carbonyl (C=O) groups excluding carboxylic acids is 1. The Kier molecular flexibility index (Phi) is 4.66. The van der Waals surface area contributed by atoms with Gasteiger partial charge in [0, 0.05) is 29.6 Å². The van der Waals surface area contributed by atoms with Gasteiger partial charge in [0.05, 0.1) is 18.9 Å². The summed E-state index contributed by atoms with van der Waals surface area (Å²) in [5.41, 5.74) is 9.14. The molecule has 1 aromatic carbocycles. The summed E-state index contributed by atoms with van der Waals surface area (Å²) in [7, 11) is 0. The summed E-state index contributed by atoms with van der Waals surface area (Å²) < 4.78 is 21.1. The number of fused-ring (bicyclic) bond motifs is 2. The van der Waals surface area contributed by atoms with Crippen molar-refractivity contribution in [2.75, 3.05) is 17.6 Å². The number of carbonyl (C=O) groups is 1. The van der Waals surface area contributed by atoms with Crippen molar-refractivity contribution in [2.24, 2.45) is 0 Å². The van der Waals surface area contributed by atoms with E-state index in [9.17, 15) is 9.18 Å². The maximum atomic E-state index is 13.9. The average molecular weight is 431 g/mol. The lowest BCUT2D eigenvalue weighted by molar-refractivity contribution is 0.0954. The molecule has 1 aliphatic rings. The van der Waals surface area contributed by atoms with Crippen LogP contribution in [0.5, 0.6) is 5.88 Å². The molecule has 10 heteroatoms. The molecule has 0 unspecified atom stereocenters. The zero-order valence-electron chi connectivity index (χ0n) is 16.8. The number of halogens is 1. The van der Waals surface area contributed by atoms with Crippen LogP contribution in [0.3, 0.4) is 0 Å². The van der Waals surface area contributed by atoms with Crippen LogP contribution in [0.25, 0.3) is 16.8 Å². The molecule has 4 aromatic rings. The molecule has 160 valence electrons. The maximum absolute atomic E-state index is 13.9. The topological polar surface area (TPSA) is 119 Å². The summed E-state index contributed by atoms with van der Waals surface area (Å²) in [5, 5.41) is 10.2. The molecular formula is C22H18FN7O2. The fourth-order valence-electron chi connectivity index (χ4n) is 3.39. The summed E-state index contributed by atoms with van der Waals surface area (Å²) in [5.74, 6) is 0.0387. The molecule has 3 aromatic heterocycles. The highest BCUT2D eigenvalue weighted by Gasteiger charge is 2.20. The van der Waals surface area contributed by atoms with E-state index in [1.807, 2.05) is 12.1 Å². The number of hydrogen-bond donors (Lipinski definition) is 3. The van der Waals surface area contributed by atoms with E-state index in [0.717, 1.165) is 17.3 Å². The molecule has 5 rings (SSSR count). The van der Waals surface area contributed by atoms with Gasteiger partial charge in [-0.1, -0.05) is 18.7 Å². The summed E-state index contributed by atoms with van der Waals surface area (Å²) in [6.45, 7) is 4.02. The molecule has 9 nitrogen and oxygen atoms in total. The molecule has 0 spiro atoms. The van der Waals surface area contributed by atoms with Gasteiger partial charge in [0.15, 0.2) is 5.65 Å². The molecule has 1 amide bonds. The number of amides is 1. The predicted molar refractivity (Wildman–Crippen MR) is 116 cm³/mol. The predicted octanol–water partition coefficient (Wildman–Crippen LogP) is 2.76. The molecular weight excluding hydrogens is 413 g/mol. The van der Waals surface area contributed by atoms with Crippen LogP contribution in [0.15, 0.2) is 61.3 Å². The second kappa shape index (κ2) is 7.65. The Morgan fingerprint density at radius 2 is 1.94 bits per heavy atom. The van der Waals surface area contributed by atoms with Crippen molar-refractivity contribution in [2.45, 2.75) is 6.54 Å². The van der Waals surface area contributed by atoms with E-state index in [1.54, 1.807) is 18.3 Å². The van der Waals surface area contributed by atoms with Crippen LogP contribution >= 0.6 is 0 Å². The van der Waals surface area contributed by atoms with E-state index < -0.39 is 5.82 Å². The molecule has 0 aliphatic carbocycles. The Morgan fingerprint density at radius 3 is 2.75 bits per heavy atom. The number of hydrogen-bond acceptors (Lipinski definition) is 7. The lowest BCUT2D eigenvalue weighted by Crippen LogP contribution is -2.27. The Bertz CT molecular complexity index is 1360. The van der Waals surface area contributed by atoms with Crippen molar-refractivity contribution in [3.8, 4) is 17.0 Å². The lowest BCUT2D eigenvalue weighted by Gasteiger charge is -2.14. The van der Waals surface area contributed by atoms with Gasteiger partial charge in [0.2, 0.25) is 5.88 Å². The number of anilines is 2. The van der Waals surface area contributed by atoms with Crippen molar-refractivity contribution in [1.29, 1.82) is 0 Å². The first-order valence-corrected chi connectivity index (χ1v) is 9.74. The Hall–Kier alpha value is -4.47. The number of nitrogens with zero attached hydrogens (tertiary/aromatic N) is 4. The van der Waals surface area contributed by atoms with Crippen molar-refractivity contribution >= 4 is 23.1 Å². The van der Waals surface area contributed by atoms with Gasteiger partial charge < -0.3 is 21.1 Å². The molecule has 4 heterocycles. The van der Waals surface area contributed by atoms with Gasteiger partial charge in [-0.25, -0.2) is 18.9 Å². The van der Waals surface area contributed by atoms with Crippen molar-refractivity contribution in [3.05, 3.63) is 78.2 Å². The zero-order chi connectivity index (χ0) is 22.2. The number of pyridine rings is 1. The first-order chi connectivity index (χ1) is 15.5.